The maximum Gasteiger partial charge on any atom is 0.327 e. The second-order valence-electron chi connectivity index (χ2n) is 8.03. The van der Waals surface area contributed by atoms with Crippen LogP contribution in [0.15, 0.2) is 12.1 Å². The summed E-state index contributed by atoms with van der Waals surface area (Å²) < 4.78 is 0. The zero-order valence-electron chi connectivity index (χ0n) is 15.3. The Morgan fingerprint density at radius 3 is 2.32 bits per heavy atom. The number of hydrogen-bond acceptors (Lipinski definition) is 5. The summed E-state index contributed by atoms with van der Waals surface area (Å²) in [7, 11) is 0. The molecule has 2 saturated heterocycles. The van der Waals surface area contributed by atoms with Crippen LogP contribution in [0.3, 0.4) is 0 Å². The van der Waals surface area contributed by atoms with E-state index >= 15 is 0 Å². The summed E-state index contributed by atoms with van der Waals surface area (Å²) in [5, 5.41) is 23.1. The molecule has 28 heavy (non-hydrogen) atoms. The molecule has 2 aliphatic rings. The third-order valence-corrected chi connectivity index (χ3v) is 6.35. The van der Waals surface area contributed by atoms with Gasteiger partial charge in [0.1, 0.15) is 0 Å². The number of hydrogen-bond donors (Lipinski definition) is 3. The van der Waals surface area contributed by atoms with Gasteiger partial charge in [-0.15, -0.1) is 0 Å². The second-order valence-corrected chi connectivity index (χ2v) is 9.26. The first-order chi connectivity index (χ1) is 12.9. The van der Waals surface area contributed by atoms with Gasteiger partial charge in [-0.2, -0.15) is 0 Å². The molecule has 2 heterocycles. The lowest BCUT2D eigenvalue weighted by atomic mass is 9.79. The molecule has 3 N–H and O–H groups in total. The maximum absolute atomic E-state index is 13.2. The maximum atomic E-state index is 13.2. The average molecular weight is 450 g/mol. The van der Waals surface area contributed by atoms with Gasteiger partial charge in [0.25, 0.3) is 0 Å². The van der Waals surface area contributed by atoms with Crippen LogP contribution in [-0.2, 0) is 14.4 Å². The third kappa shape index (κ3) is 2.92. The van der Waals surface area contributed by atoms with Gasteiger partial charge in [-0.05, 0) is 38.5 Å². The van der Waals surface area contributed by atoms with E-state index in [0.29, 0.717) is 5.56 Å². The molecule has 7 nitrogen and oxygen atoms in total. The standard InChI is InChI=1S/C18H19Cl3N2O5/c1-17(2,3)23-14(25)10-11(15(23)26)18(6-24,16(27)28)22-13(10)8-4-7(19)5-9(20)12(8)21/h4-5,10-11,13,22,24H,6H2,1-3H3,(H,27,28). The first-order valence-electron chi connectivity index (χ1n) is 8.51. The molecule has 0 radical (unpaired) electrons. The van der Waals surface area contributed by atoms with E-state index in [-0.39, 0.29) is 15.1 Å². The van der Waals surface area contributed by atoms with Crippen molar-refractivity contribution < 1.29 is 24.6 Å². The molecule has 0 aliphatic carbocycles. The monoisotopic (exact) mass is 448 g/mol. The molecule has 2 aliphatic heterocycles. The summed E-state index contributed by atoms with van der Waals surface area (Å²) >= 11 is 18.5. The van der Waals surface area contributed by atoms with E-state index in [0.717, 1.165) is 4.90 Å². The van der Waals surface area contributed by atoms with Crippen molar-refractivity contribution in [2.24, 2.45) is 11.8 Å². The summed E-state index contributed by atoms with van der Waals surface area (Å²) in [4.78, 5) is 39.5. The Morgan fingerprint density at radius 2 is 1.82 bits per heavy atom. The van der Waals surface area contributed by atoms with Crippen LogP contribution < -0.4 is 5.32 Å². The molecule has 4 unspecified atom stereocenters. The van der Waals surface area contributed by atoms with E-state index in [2.05, 4.69) is 5.32 Å². The molecule has 2 fully saturated rings. The number of imide groups is 1. The number of fused-ring (bicyclic) bond motifs is 1. The minimum Gasteiger partial charge on any atom is -0.480 e. The van der Waals surface area contributed by atoms with Crippen LogP contribution in [0, 0.1) is 11.8 Å². The number of halogens is 3. The highest BCUT2D eigenvalue weighted by molar-refractivity contribution is 6.43. The first-order valence-corrected chi connectivity index (χ1v) is 9.64. The molecule has 1 aromatic rings. The number of amides is 2. The quantitative estimate of drug-likeness (QED) is 0.483. The number of aliphatic carboxylic acids is 1. The topological polar surface area (TPSA) is 107 Å². The molecule has 3 rings (SSSR count). The molecule has 2 amide bonds. The summed E-state index contributed by atoms with van der Waals surface area (Å²) in [6.07, 6.45) is 0. The third-order valence-electron chi connectivity index (χ3n) is 5.31. The number of aliphatic hydroxyl groups is 1. The summed E-state index contributed by atoms with van der Waals surface area (Å²) in [6.45, 7) is 4.15. The van der Waals surface area contributed by atoms with E-state index in [1.807, 2.05) is 0 Å². The molecule has 0 spiro atoms. The number of nitrogens with one attached hydrogen (secondary N) is 1. The number of benzene rings is 1. The Balaban J connectivity index is 2.24. The minimum atomic E-state index is -2.04. The van der Waals surface area contributed by atoms with Gasteiger partial charge >= 0.3 is 5.97 Å². The summed E-state index contributed by atoms with van der Waals surface area (Å²) in [5.74, 6) is -5.02. The predicted octanol–water partition coefficient (Wildman–Crippen LogP) is 2.51. The Morgan fingerprint density at radius 1 is 1.21 bits per heavy atom. The molecule has 0 saturated carbocycles. The number of rotatable bonds is 3. The van der Waals surface area contributed by atoms with E-state index < -0.39 is 53.3 Å². The van der Waals surface area contributed by atoms with Gasteiger partial charge in [0.2, 0.25) is 11.8 Å². The molecule has 10 heteroatoms. The largest absolute Gasteiger partial charge is 0.480 e. The lowest BCUT2D eigenvalue weighted by molar-refractivity contribution is -0.155. The predicted molar refractivity (Wildman–Crippen MR) is 103 cm³/mol. The van der Waals surface area contributed by atoms with E-state index in [1.165, 1.54) is 12.1 Å². The van der Waals surface area contributed by atoms with Crippen LogP contribution >= 0.6 is 34.8 Å². The molecule has 152 valence electrons. The highest BCUT2D eigenvalue weighted by Gasteiger charge is 2.69. The number of carboxylic acids is 1. The van der Waals surface area contributed by atoms with Crippen LogP contribution in [0.25, 0.3) is 0 Å². The Hall–Kier alpha value is -1.38. The fraction of sp³-hybridized carbons (Fsp3) is 0.500. The van der Waals surface area contributed by atoms with Crippen LogP contribution in [0.5, 0.6) is 0 Å². The van der Waals surface area contributed by atoms with Crippen molar-refractivity contribution in [3.8, 4) is 0 Å². The van der Waals surface area contributed by atoms with Gasteiger partial charge in [0.15, 0.2) is 5.54 Å². The zero-order chi connectivity index (χ0) is 21.2. The number of carboxylic acid groups (broad SMARTS) is 1. The number of carbonyl (C=O) groups excluding carboxylic acids is 2. The number of carbonyl (C=O) groups is 3. The van der Waals surface area contributed by atoms with Gasteiger partial charge in [0.05, 0.1) is 28.5 Å². The SMILES string of the molecule is CC(C)(C)N1C(=O)C2C(c3cc(Cl)cc(Cl)c3Cl)NC(CO)(C(=O)O)C2C1=O. The lowest BCUT2D eigenvalue weighted by Gasteiger charge is -2.34. The second kappa shape index (κ2) is 6.85. The van der Waals surface area contributed by atoms with Crippen LogP contribution in [0.4, 0.5) is 0 Å². The fourth-order valence-corrected chi connectivity index (χ4v) is 4.88. The Labute approximate surface area is 176 Å². The number of likely N-dealkylation sites (tertiary alicyclic amines) is 1. The zero-order valence-corrected chi connectivity index (χ0v) is 17.6. The van der Waals surface area contributed by atoms with Crippen molar-refractivity contribution in [1.82, 2.24) is 10.2 Å². The average Bonchev–Trinajstić information content (AvgIpc) is 3.05. The van der Waals surface area contributed by atoms with Gasteiger partial charge < -0.3 is 10.2 Å². The highest BCUT2D eigenvalue weighted by atomic mass is 35.5. The molecular weight excluding hydrogens is 431 g/mol. The van der Waals surface area contributed by atoms with Crippen LogP contribution in [-0.4, -0.2) is 50.6 Å². The normalized spacial score (nSPS) is 30.1. The van der Waals surface area contributed by atoms with Gasteiger partial charge in [-0.1, -0.05) is 34.8 Å². The van der Waals surface area contributed by atoms with Crippen molar-refractivity contribution in [3.63, 3.8) is 0 Å². The Kier molecular flexibility index (Phi) is 5.22. The molecule has 4 atom stereocenters. The summed E-state index contributed by atoms with van der Waals surface area (Å²) in [5.41, 5.74) is -2.61. The van der Waals surface area contributed by atoms with Crippen molar-refractivity contribution in [2.75, 3.05) is 6.61 Å². The lowest BCUT2D eigenvalue weighted by Crippen LogP contribution is -2.59. The fourth-order valence-electron chi connectivity index (χ4n) is 4.14. The van der Waals surface area contributed by atoms with Crippen molar-refractivity contribution in [1.29, 1.82) is 0 Å². The molecule has 1 aromatic carbocycles. The van der Waals surface area contributed by atoms with Crippen molar-refractivity contribution >= 4 is 52.6 Å². The van der Waals surface area contributed by atoms with E-state index in [4.69, 9.17) is 34.8 Å². The van der Waals surface area contributed by atoms with Crippen LogP contribution in [0.1, 0.15) is 32.4 Å². The Bertz CT molecular complexity index is 885. The first kappa shape index (κ1) is 21.3. The molecular formula is C18H19Cl3N2O5. The van der Waals surface area contributed by atoms with Gasteiger partial charge in [0, 0.05) is 16.6 Å². The van der Waals surface area contributed by atoms with E-state index in [9.17, 15) is 24.6 Å². The van der Waals surface area contributed by atoms with Crippen LogP contribution in [0.2, 0.25) is 15.1 Å². The van der Waals surface area contributed by atoms with Gasteiger partial charge in [-0.25, -0.2) is 0 Å². The minimum absolute atomic E-state index is 0.0934. The van der Waals surface area contributed by atoms with E-state index in [1.54, 1.807) is 20.8 Å². The highest BCUT2D eigenvalue weighted by Crippen LogP contribution is 2.52. The van der Waals surface area contributed by atoms with Crippen molar-refractivity contribution in [3.05, 3.63) is 32.8 Å². The number of nitrogens with zero attached hydrogens (tertiary/aromatic N) is 1. The summed E-state index contributed by atoms with van der Waals surface area (Å²) in [6, 6.07) is 1.92. The number of aliphatic hydroxyl groups excluding tert-OH is 1. The smallest absolute Gasteiger partial charge is 0.327 e. The van der Waals surface area contributed by atoms with Gasteiger partial charge in [-0.3, -0.25) is 24.6 Å². The van der Waals surface area contributed by atoms with Crippen molar-refractivity contribution in [2.45, 2.75) is 37.9 Å². The molecule has 0 bridgehead atoms. The molecule has 0 aromatic heterocycles.